The summed E-state index contributed by atoms with van der Waals surface area (Å²) in [5.74, 6) is 0.174. The van der Waals surface area contributed by atoms with E-state index in [1.165, 1.54) is 29.2 Å². The Kier molecular flexibility index (Phi) is 5.95. The molecule has 0 radical (unpaired) electrons. The zero-order chi connectivity index (χ0) is 16.8. The number of benzene rings is 1. The Labute approximate surface area is 151 Å². The summed E-state index contributed by atoms with van der Waals surface area (Å²) in [5, 5.41) is 15.2. The van der Waals surface area contributed by atoms with Gasteiger partial charge in [0.15, 0.2) is 4.34 Å². The van der Waals surface area contributed by atoms with Crippen LogP contribution in [0.4, 0.5) is 9.52 Å². The molecular formula is C16H14FN3OS3. The van der Waals surface area contributed by atoms with Crippen LogP contribution in [0.5, 0.6) is 0 Å². The molecule has 0 atom stereocenters. The first-order valence-electron chi connectivity index (χ1n) is 7.21. The van der Waals surface area contributed by atoms with Crippen molar-refractivity contribution in [3.63, 3.8) is 0 Å². The van der Waals surface area contributed by atoms with Gasteiger partial charge in [-0.1, -0.05) is 41.3 Å². The van der Waals surface area contributed by atoms with Crippen LogP contribution in [-0.2, 0) is 17.0 Å². The summed E-state index contributed by atoms with van der Waals surface area (Å²) in [4.78, 5) is 11.9. The van der Waals surface area contributed by atoms with E-state index in [2.05, 4.69) is 15.5 Å². The molecule has 0 fully saturated rings. The van der Waals surface area contributed by atoms with Crippen LogP contribution in [-0.4, -0.2) is 16.1 Å². The zero-order valence-electron chi connectivity index (χ0n) is 12.6. The number of aromatic nitrogens is 2. The molecule has 3 aromatic rings. The summed E-state index contributed by atoms with van der Waals surface area (Å²) in [7, 11) is 0. The van der Waals surface area contributed by atoms with Gasteiger partial charge < -0.3 is 5.32 Å². The minimum absolute atomic E-state index is 0.0806. The van der Waals surface area contributed by atoms with Crippen LogP contribution in [0, 0.1) is 5.82 Å². The third-order valence-corrected chi connectivity index (χ3v) is 5.94. The molecule has 124 valence electrons. The predicted molar refractivity (Wildman–Crippen MR) is 97.1 cm³/mol. The van der Waals surface area contributed by atoms with Gasteiger partial charge in [-0.2, -0.15) is 11.3 Å². The predicted octanol–water partition coefficient (Wildman–Crippen LogP) is 4.60. The van der Waals surface area contributed by atoms with Gasteiger partial charge in [0.1, 0.15) is 5.82 Å². The molecule has 2 heterocycles. The van der Waals surface area contributed by atoms with Crippen molar-refractivity contribution < 1.29 is 9.18 Å². The molecule has 0 aliphatic heterocycles. The first-order valence-corrected chi connectivity index (χ1v) is 9.96. The number of hydrogen-bond donors (Lipinski definition) is 1. The topological polar surface area (TPSA) is 54.9 Å². The summed E-state index contributed by atoms with van der Waals surface area (Å²) >= 11 is 4.32. The Balaban J connectivity index is 1.48. The van der Waals surface area contributed by atoms with Crippen LogP contribution in [0.15, 0.2) is 45.4 Å². The van der Waals surface area contributed by atoms with Gasteiger partial charge in [0.25, 0.3) is 0 Å². The maximum absolute atomic E-state index is 13.6. The van der Waals surface area contributed by atoms with Crippen LogP contribution >= 0.6 is 34.4 Å². The fourth-order valence-corrected chi connectivity index (χ4v) is 4.41. The summed E-state index contributed by atoms with van der Waals surface area (Å²) in [6.07, 6.45) is 1.12. The number of carbonyl (C=O) groups excluding carboxylic acids is 1. The van der Waals surface area contributed by atoms with E-state index < -0.39 is 0 Å². The lowest BCUT2D eigenvalue weighted by Gasteiger charge is -2.00. The number of aryl methyl sites for hydroxylation is 1. The Morgan fingerprint density at radius 2 is 2.12 bits per heavy atom. The monoisotopic (exact) mass is 379 g/mol. The highest BCUT2D eigenvalue weighted by Crippen LogP contribution is 2.29. The highest BCUT2D eigenvalue weighted by molar-refractivity contribution is 8.00. The van der Waals surface area contributed by atoms with E-state index in [9.17, 15) is 9.18 Å². The minimum atomic E-state index is -0.225. The fourth-order valence-electron chi connectivity index (χ4n) is 1.95. The summed E-state index contributed by atoms with van der Waals surface area (Å²) in [5.41, 5.74) is 1.78. The number of hydrogen-bond acceptors (Lipinski definition) is 6. The Morgan fingerprint density at radius 3 is 2.92 bits per heavy atom. The molecule has 24 heavy (non-hydrogen) atoms. The minimum Gasteiger partial charge on any atom is -0.300 e. The molecule has 0 saturated carbocycles. The lowest BCUT2D eigenvalue weighted by atomic mass is 10.2. The van der Waals surface area contributed by atoms with Crippen molar-refractivity contribution in [3.8, 4) is 0 Å². The molecule has 0 aliphatic rings. The standard InChI is InChI=1S/C16H14FN3OS3/c17-13-4-2-1-3-12(13)10-23-16-20-19-15(24-16)18-14(21)6-5-11-7-8-22-9-11/h1-4,7-9H,5-6,10H2,(H,18,19,21). The first-order chi connectivity index (χ1) is 11.7. The van der Waals surface area contributed by atoms with Crippen molar-refractivity contribution in [2.45, 2.75) is 22.9 Å². The second kappa shape index (κ2) is 8.36. The van der Waals surface area contributed by atoms with Gasteiger partial charge in [0.05, 0.1) is 0 Å². The number of amides is 1. The van der Waals surface area contributed by atoms with E-state index in [1.54, 1.807) is 29.5 Å². The van der Waals surface area contributed by atoms with Crippen molar-refractivity contribution >= 4 is 45.5 Å². The van der Waals surface area contributed by atoms with Crippen LogP contribution in [0.1, 0.15) is 17.5 Å². The number of nitrogens with zero attached hydrogens (tertiary/aromatic N) is 2. The van der Waals surface area contributed by atoms with E-state index in [0.717, 1.165) is 5.56 Å². The fraction of sp³-hybridized carbons (Fsp3) is 0.188. The first kappa shape index (κ1) is 17.1. The smallest absolute Gasteiger partial charge is 0.226 e. The molecule has 8 heteroatoms. The van der Waals surface area contributed by atoms with Crippen molar-refractivity contribution in [2.75, 3.05) is 5.32 Å². The van der Waals surface area contributed by atoms with Crippen LogP contribution in [0.2, 0.25) is 0 Å². The molecule has 1 aromatic carbocycles. The van der Waals surface area contributed by atoms with Crippen LogP contribution < -0.4 is 5.32 Å². The van der Waals surface area contributed by atoms with E-state index in [4.69, 9.17) is 0 Å². The maximum Gasteiger partial charge on any atom is 0.226 e. The number of nitrogens with one attached hydrogen (secondary N) is 1. The zero-order valence-corrected chi connectivity index (χ0v) is 15.0. The van der Waals surface area contributed by atoms with Gasteiger partial charge in [-0.25, -0.2) is 4.39 Å². The normalized spacial score (nSPS) is 10.7. The molecule has 1 amide bonds. The third-order valence-electron chi connectivity index (χ3n) is 3.18. The molecule has 0 aliphatic carbocycles. The van der Waals surface area contributed by atoms with Crippen LogP contribution in [0.3, 0.4) is 0 Å². The summed E-state index contributed by atoms with van der Waals surface area (Å²) in [6.45, 7) is 0. The lowest BCUT2D eigenvalue weighted by molar-refractivity contribution is -0.116. The molecule has 3 rings (SSSR count). The third kappa shape index (κ3) is 4.86. The lowest BCUT2D eigenvalue weighted by Crippen LogP contribution is -2.11. The summed E-state index contributed by atoms with van der Waals surface area (Å²) < 4.78 is 14.3. The molecular weight excluding hydrogens is 365 g/mol. The molecule has 4 nitrogen and oxygen atoms in total. The Morgan fingerprint density at radius 1 is 1.25 bits per heavy atom. The number of thiophene rings is 1. The number of halogens is 1. The van der Waals surface area contributed by atoms with Gasteiger partial charge in [-0.15, -0.1) is 10.2 Å². The second-order valence-corrected chi connectivity index (χ2v) is 7.91. The van der Waals surface area contributed by atoms with Gasteiger partial charge in [0.2, 0.25) is 11.0 Å². The van der Waals surface area contributed by atoms with Crippen molar-refractivity contribution in [3.05, 3.63) is 58.0 Å². The molecule has 1 N–H and O–H groups in total. The second-order valence-electron chi connectivity index (χ2n) is 4.93. The van der Waals surface area contributed by atoms with E-state index in [-0.39, 0.29) is 11.7 Å². The molecule has 2 aromatic heterocycles. The average molecular weight is 380 g/mol. The van der Waals surface area contributed by atoms with Crippen molar-refractivity contribution in [1.29, 1.82) is 0 Å². The Bertz CT molecular complexity index is 805. The number of anilines is 1. The largest absolute Gasteiger partial charge is 0.300 e. The Hall–Kier alpha value is -1.77. The van der Waals surface area contributed by atoms with Gasteiger partial charge >= 0.3 is 0 Å². The number of thioether (sulfide) groups is 1. The van der Waals surface area contributed by atoms with Crippen molar-refractivity contribution in [1.82, 2.24) is 10.2 Å². The highest BCUT2D eigenvalue weighted by Gasteiger charge is 2.10. The van der Waals surface area contributed by atoms with Crippen LogP contribution in [0.25, 0.3) is 0 Å². The van der Waals surface area contributed by atoms with Gasteiger partial charge in [0, 0.05) is 12.2 Å². The molecule has 0 saturated heterocycles. The summed E-state index contributed by atoms with van der Waals surface area (Å²) in [6, 6.07) is 8.67. The molecule has 0 unspecified atom stereocenters. The quantitative estimate of drug-likeness (QED) is 0.481. The molecule has 0 bridgehead atoms. The van der Waals surface area contributed by atoms with E-state index in [1.807, 2.05) is 16.8 Å². The number of rotatable bonds is 7. The van der Waals surface area contributed by atoms with Crippen molar-refractivity contribution in [2.24, 2.45) is 0 Å². The highest BCUT2D eigenvalue weighted by atomic mass is 32.2. The molecule has 0 spiro atoms. The average Bonchev–Trinajstić information content (AvgIpc) is 3.24. The van der Waals surface area contributed by atoms with E-state index in [0.29, 0.717) is 33.6 Å². The number of carbonyl (C=O) groups is 1. The van der Waals surface area contributed by atoms with E-state index >= 15 is 0 Å². The van der Waals surface area contributed by atoms with Gasteiger partial charge in [-0.05, 0) is 40.4 Å². The maximum atomic E-state index is 13.6. The SMILES string of the molecule is O=C(CCc1ccsc1)Nc1nnc(SCc2ccccc2F)s1. The van der Waals surface area contributed by atoms with Gasteiger partial charge in [-0.3, -0.25) is 4.79 Å².